The Morgan fingerprint density at radius 1 is 1.00 bits per heavy atom. The van der Waals surface area contributed by atoms with Gasteiger partial charge in [0.2, 0.25) is 5.91 Å². The largest absolute Gasteiger partial charge is 0.337 e. The van der Waals surface area contributed by atoms with Gasteiger partial charge in [-0.15, -0.1) is 0 Å². The van der Waals surface area contributed by atoms with E-state index in [4.69, 9.17) is 0 Å². The van der Waals surface area contributed by atoms with E-state index in [0.717, 1.165) is 11.6 Å². The second kappa shape index (κ2) is 8.07. The minimum atomic E-state index is -0.597. The smallest absolute Gasteiger partial charge is 0.224 e. The van der Waals surface area contributed by atoms with Crippen molar-refractivity contribution in [2.75, 3.05) is 19.6 Å². The molecule has 2 aromatic rings. The van der Waals surface area contributed by atoms with Crippen molar-refractivity contribution in [3.63, 3.8) is 0 Å². The fourth-order valence-corrected chi connectivity index (χ4v) is 3.17. The van der Waals surface area contributed by atoms with E-state index in [9.17, 15) is 18.8 Å². The summed E-state index contributed by atoms with van der Waals surface area (Å²) in [4.78, 5) is 16.2. The maximum absolute atomic E-state index is 13.4. The van der Waals surface area contributed by atoms with Crippen molar-refractivity contribution in [1.82, 2.24) is 9.80 Å². The summed E-state index contributed by atoms with van der Waals surface area (Å²) in [7, 11) is 0. The van der Waals surface area contributed by atoms with Gasteiger partial charge in [0.1, 0.15) is 11.6 Å². The lowest BCUT2D eigenvalue weighted by molar-refractivity contribution is -0.130. The third kappa shape index (κ3) is 4.44. The van der Waals surface area contributed by atoms with Crippen LogP contribution in [0.25, 0.3) is 0 Å². The lowest BCUT2D eigenvalue weighted by Gasteiger charge is -2.22. The van der Waals surface area contributed by atoms with E-state index < -0.39 is 11.6 Å². The van der Waals surface area contributed by atoms with Gasteiger partial charge in [0, 0.05) is 45.2 Å². The van der Waals surface area contributed by atoms with Crippen LogP contribution in [-0.2, 0) is 17.9 Å². The van der Waals surface area contributed by atoms with Crippen LogP contribution in [0.5, 0.6) is 0 Å². The summed E-state index contributed by atoms with van der Waals surface area (Å²) in [5.74, 6) is -1.17. The molecule has 0 aliphatic carbocycles. The van der Waals surface area contributed by atoms with Gasteiger partial charge >= 0.3 is 0 Å². The average molecular weight is 355 g/mol. The first-order valence-corrected chi connectivity index (χ1v) is 8.48. The van der Waals surface area contributed by atoms with Crippen LogP contribution in [0.15, 0.2) is 42.5 Å². The number of carbonyl (C=O) groups excluding carboxylic acids is 1. The summed E-state index contributed by atoms with van der Waals surface area (Å²) >= 11 is 0. The van der Waals surface area contributed by atoms with Crippen LogP contribution >= 0.6 is 0 Å². The molecule has 1 aliphatic heterocycles. The Kier molecular flexibility index (Phi) is 5.59. The Morgan fingerprint density at radius 2 is 1.73 bits per heavy atom. The molecule has 0 N–H and O–H groups in total. The highest BCUT2D eigenvalue weighted by Gasteiger charge is 2.22. The molecule has 1 amide bonds. The SMILES string of the molecule is N#Cc1ccccc1CN1CCN(Cc2cc(F)cc(F)c2)CCC1=O. The first-order chi connectivity index (χ1) is 12.5. The highest BCUT2D eigenvalue weighted by atomic mass is 19.1. The molecule has 0 spiro atoms. The van der Waals surface area contributed by atoms with E-state index in [1.54, 1.807) is 17.0 Å². The molecule has 2 aromatic carbocycles. The van der Waals surface area contributed by atoms with E-state index in [2.05, 4.69) is 6.07 Å². The molecule has 1 fully saturated rings. The Labute approximate surface area is 151 Å². The molecule has 6 heteroatoms. The van der Waals surface area contributed by atoms with Crippen molar-refractivity contribution < 1.29 is 13.6 Å². The van der Waals surface area contributed by atoms with E-state index in [1.165, 1.54) is 12.1 Å². The number of carbonyl (C=O) groups is 1. The zero-order valence-electron chi connectivity index (χ0n) is 14.3. The molecule has 4 nitrogen and oxygen atoms in total. The van der Waals surface area contributed by atoms with E-state index in [-0.39, 0.29) is 5.91 Å². The van der Waals surface area contributed by atoms with Gasteiger partial charge in [0.15, 0.2) is 0 Å². The number of benzene rings is 2. The number of halogens is 2. The number of rotatable bonds is 4. The zero-order chi connectivity index (χ0) is 18.5. The molecule has 0 bridgehead atoms. The Hall–Kier alpha value is -2.78. The quantitative estimate of drug-likeness (QED) is 0.847. The highest BCUT2D eigenvalue weighted by molar-refractivity contribution is 5.76. The summed E-state index contributed by atoms with van der Waals surface area (Å²) in [5, 5.41) is 9.20. The molecular weight excluding hydrogens is 336 g/mol. The van der Waals surface area contributed by atoms with Gasteiger partial charge < -0.3 is 4.90 Å². The molecule has 0 aromatic heterocycles. The minimum absolute atomic E-state index is 0.0191. The lowest BCUT2D eigenvalue weighted by atomic mass is 10.1. The van der Waals surface area contributed by atoms with Gasteiger partial charge in [-0.05, 0) is 29.3 Å². The van der Waals surface area contributed by atoms with Crippen molar-refractivity contribution in [1.29, 1.82) is 5.26 Å². The van der Waals surface area contributed by atoms with Crippen LogP contribution in [-0.4, -0.2) is 35.3 Å². The van der Waals surface area contributed by atoms with Crippen molar-refractivity contribution in [2.24, 2.45) is 0 Å². The molecule has 3 rings (SSSR count). The monoisotopic (exact) mass is 355 g/mol. The van der Waals surface area contributed by atoms with Gasteiger partial charge in [-0.1, -0.05) is 18.2 Å². The Bertz CT molecular complexity index is 827. The maximum Gasteiger partial charge on any atom is 0.224 e. The maximum atomic E-state index is 13.4. The molecule has 0 unspecified atom stereocenters. The third-order valence-corrected chi connectivity index (χ3v) is 4.51. The van der Waals surface area contributed by atoms with Crippen LogP contribution in [0.3, 0.4) is 0 Å². The Balaban J connectivity index is 1.66. The molecule has 1 heterocycles. The summed E-state index contributed by atoms with van der Waals surface area (Å²) in [5.41, 5.74) is 1.94. The van der Waals surface area contributed by atoms with Crippen molar-refractivity contribution >= 4 is 5.91 Å². The summed E-state index contributed by atoms with van der Waals surface area (Å²) < 4.78 is 26.7. The number of nitrogens with zero attached hydrogens (tertiary/aromatic N) is 3. The second-order valence-electron chi connectivity index (χ2n) is 6.39. The number of amides is 1. The fourth-order valence-electron chi connectivity index (χ4n) is 3.17. The van der Waals surface area contributed by atoms with Gasteiger partial charge in [-0.25, -0.2) is 8.78 Å². The molecule has 0 saturated carbocycles. The van der Waals surface area contributed by atoms with E-state index >= 15 is 0 Å². The van der Waals surface area contributed by atoms with Crippen LogP contribution in [0.2, 0.25) is 0 Å². The minimum Gasteiger partial charge on any atom is -0.337 e. The van der Waals surface area contributed by atoms with E-state index in [0.29, 0.717) is 50.3 Å². The molecule has 1 saturated heterocycles. The fraction of sp³-hybridized carbons (Fsp3) is 0.300. The van der Waals surface area contributed by atoms with Gasteiger partial charge in [0.25, 0.3) is 0 Å². The number of hydrogen-bond donors (Lipinski definition) is 0. The standard InChI is InChI=1S/C20H19F2N3O/c21-18-9-15(10-19(22)11-18)13-24-6-5-20(26)25(8-7-24)14-17-4-2-1-3-16(17)12-23/h1-4,9-11H,5-8,13-14H2. The van der Waals surface area contributed by atoms with Crippen LogP contribution < -0.4 is 0 Å². The van der Waals surface area contributed by atoms with Crippen LogP contribution in [0.1, 0.15) is 23.1 Å². The summed E-state index contributed by atoms with van der Waals surface area (Å²) in [6.07, 6.45) is 0.340. The molecule has 0 atom stereocenters. The predicted molar refractivity (Wildman–Crippen MR) is 92.8 cm³/mol. The normalized spacial score (nSPS) is 15.6. The van der Waals surface area contributed by atoms with Crippen LogP contribution in [0.4, 0.5) is 8.78 Å². The molecule has 1 aliphatic rings. The zero-order valence-corrected chi connectivity index (χ0v) is 14.3. The summed E-state index contributed by atoms with van der Waals surface area (Å²) in [6, 6.07) is 12.9. The van der Waals surface area contributed by atoms with Gasteiger partial charge in [0.05, 0.1) is 11.6 Å². The van der Waals surface area contributed by atoms with Crippen LogP contribution in [0, 0.1) is 23.0 Å². The van der Waals surface area contributed by atoms with Gasteiger partial charge in [-0.3, -0.25) is 9.69 Å². The van der Waals surface area contributed by atoms with Crippen molar-refractivity contribution in [3.8, 4) is 6.07 Å². The highest BCUT2D eigenvalue weighted by Crippen LogP contribution is 2.16. The predicted octanol–water partition coefficient (Wildman–Crippen LogP) is 3.07. The molecule has 26 heavy (non-hydrogen) atoms. The third-order valence-electron chi connectivity index (χ3n) is 4.51. The Morgan fingerprint density at radius 3 is 2.46 bits per heavy atom. The van der Waals surface area contributed by atoms with Crippen molar-refractivity contribution in [3.05, 3.63) is 70.8 Å². The average Bonchev–Trinajstić information content (AvgIpc) is 2.77. The second-order valence-corrected chi connectivity index (χ2v) is 6.39. The number of hydrogen-bond acceptors (Lipinski definition) is 3. The first-order valence-electron chi connectivity index (χ1n) is 8.48. The lowest BCUT2D eigenvalue weighted by Crippen LogP contribution is -2.33. The molecule has 0 radical (unpaired) electrons. The molecular formula is C20H19F2N3O. The number of nitriles is 1. The first kappa shape index (κ1) is 18.0. The summed E-state index contributed by atoms with van der Waals surface area (Å²) in [6.45, 7) is 2.44. The molecule has 134 valence electrons. The van der Waals surface area contributed by atoms with Crippen molar-refractivity contribution in [2.45, 2.75) is 19.5 Å². The van der Waals surface area contributed by atoms with E-state index in [1.807, 2.05) is 17.0 Å². The topological polar surface area (TPSA) is 47.3 Å². The van der Waals surface area contributed by atoms with Gasteiger partial charge in [-0.2, -0.15) is 5.26 Å².